The highest BCUT2D eigenvalue weighted by molar-refractivity contribution is 9.11. The molecule has 1 aromatic rings. The van der Waals surface area contributed by atoms with Crippen molar-refractivity contribution >= 4 is 47.6 Å². The van der Waals surface area contributed by atoms with Crippen LogP contribution in [-0.4, -0.2) is 14.6 Å². The van der Waals surface area contributed by atoms with Crippen LogP contribution in [0.4, 0.5) is 5.69 Å². The van der Waals surface area contributed by atoms with Crippen LogP contribution in [-0.2, 0) is 10.0 Å². The third kappa shape index (κ3) is 2.36. The van der Waals surface area contributed by atoms with E-state index in [9.17, 15) is 8.42 Å². The summed E-state index contributed by atoms with van der Waals surface area (Å²) in [6, 6.07) is 3.52. The highest BCUT2D eigenvalue weighted by atomic mass is 79.9. The van der Waals surface area contributed by atoms with Crippen molar-refractivity contribution in [1.82, 2.24) is 4.72 Å². The molecule has 7 heteroatoms. The Balaban J connectivity index is 1.73. The lowest BCUT2D eigenvalue weighted by molar-refractivity contribution is 0.283. The second kappa shape index (κ2) is 4.94. The molecule has 114 valence electrons. The van der Waals surface area contributed by atoms with Crippen LogP contribution in [0, 0.1) is 17.8 Å². The van der Waals surface area contributed by atoms with Crippen molar-refractivity contribution in [2.45, 2.75) is 36.7 Å². The van der Waals surface area contributed by atoms with Crippen molar-refractivity contribution in [3.05, 3.63) is 21.1 Å². The number of benzene rings is 1. The van der Waals surface area contributed by atoms with Crippen LogP contribution >= 0.6 is 31.9 Å². The SMILES string of the molecule is O=S1(=O)NC(C2CC3CCC2C3)Nc2c(Br)cc(Br)cc21. The van der Waals surface area contributed by atoms with Crippen molar-refractivity contribution in [3.63, 3.8) is 0 Å². The largest absolute Gasteiger partial charge is 0.367 e. The van der Waals surface area contributed by atoms with E-state index >= 15 is 0 Å². The van der Waals surface area contributed by atoms with Gasteiger partial charge in [0.05, 0.1) is 11.9 Å². The van der Waals surface area contributed by atoms with Crippen LogP contribution < -0.4 is 10.0 Å². The minimum atomic E-state index is -3.46. The fourth-order valence-corrected chi connectivity index (χ4v) is 7.25. The molecule has 1 aromatic carbocycles. The number of rotatable bonds is 1. The monoisotopic (exact) mass is 434 g/mol. The van der Waals surface area contributed by atoms with E-state index in [1.54, 1.807) is 6.07 Å². The number of sulfonamides is 1. The quantitative estimate of drug-likeness (QED) is 0.707. The molecule has 4 nitrogen and oxygen atoms in total. The van der Waals surface area contributed by atoms with Crippen molar-refractivity contribution in [2.75, 3.05) is 5.32 Å². The van der Waals surface area contributed by atoms with Crippen LogP contribution in [0.2, 0.25) is 0 Å². The Kier molecular flexibility index (Phi) is 3.41. The van der Waals surface area contributed by atoms with Gasteiger partial charge in [0, 0.05) is 8.95 Å². The normalized spacial score (nSPS) is 36.3. The van der Waals surface area contributed by atoms with Crippen molar-refractivity contribution in [1.29, 1.82) is 0 Å². The molecular formula is C14H16Br2N2O2S. The highest BCUT2D eigenvalue weighted by Crippen LogP contribution is 2.50. The smallest absolute Gasteiger partial charge is 0.244 e. The molecule has 1 aliphatic heterocycles. The van der Waals surface area contributed by atoms with Gasteiger partial charge in [-0.25, -0.2) is 8.42 Å². The minimum Gasteiger partial charge on any atom is -0.367 e. The lowest BCUT2D eigenvalue weighted by Crippen LogP contribution is -2.50. The maximum atomic E-state index is 12.6. The van der Waals surface area contributed by atoms with Crippen LogP contribution in [0.3, 0.4) is 0 Å². The fourth-order valence-electron chi connectivity index (χ4n) is 4.21. The first-order valence-electron chi connectivity index (χ1n) is 7.22. The molecule has 0 spiro atoms. The van der Waals surface area contributed by atoms with E-state index in [4.69, 9.17) is 0 Å². The van der Waals surface area contributed by atoms with E-state index in [-0.39, 0.29) is 6.17 Å². The molecule has 1 heterocycles. The van der Waals surface area contributed by atoms with Gasteiger partial charge >= 0.3 is 0 Å². The molecule has 2 fully saturated rings. The summed E-state index contributed by atoms with van der Waals surface area (Å²) in [5, 5.41) is 3.42. The van der Waals surface area contributed by atoms with Crippen molar-refractivity contribution in [3.8, 4) is 0 Å². The van der Waals surface area contributed by atoms with E-state index in [1.165, 1.54) is 19.3 Å². The standard InChI is InChI=1S/C14H16Br2N2O2S/c15-9-5-11(16)13-12(6-9)21(19,20)18-14(17-13)10-4-7-1-2-8(10)3-7/h5-8,10,14,17-18H,1-4H2. The highest BCUT2D eigenvalue weighted by Gasteiger charge is 2.46. The van der Waals surface area contributed by atoms with Gasteiger partial charge < -0.3 is 5.32 Å². The Morgan fingerprint density at radius 1 is 1.14 bits per heavy atom. The van der Waals surface area contributed by atoms with E-state index in [0.29, 0.717) is 22.4 Å². The van der Waals surface area contributed by atoms with E-state index in [0.717, 1.165) is 21.3 Å². The van der Waals surface area contributed by atoms with Gasteiger partial charge in [-0.3, -0.25) is 0 Å². The average molecular weight is 436 g/mol. The number of nitrogens with one attached hydrogen (secondary N) is 2. The van der Waals surface area contributed by atoms with Gasteiger partial charge in [-0.15, -0.1) is 0 Å². The third-order valence-electron chi connectivity index (χ3n) is 5.11. The summed E-state index contributed by atoms with van der Waals surface area (Å²) in [4.78, 5) is 0.308. The summed E-state index contributed by atoms with van der Waals surface area (Å²) in [5.41, 5.74) is 0.685. The summed E-state index contributed by atoms with van der Waals surface area (Å²) < 4.78 is 29.5. The Labute approximate surface area is 141 Å². The third-order valence-corrected chi connectivity index (χ3v) is 7.66. The molecule has 2 saturated carbocycles. The molecule has 21 heavy (non-hydrogen) atoms. The molecular weight excluding hydrogens is 420 g/mol. The number of anilines is 1. The topological polar surface area (TPSA) is 58.2 Å². The molecule has 4 unspecified atom stereocenters. The Hall–Kier alpha value is -0.110. The zero-order valence-corrected chi connectivity index (χ0v) is 15.3. The maximum absolute atomic E-state index is 12.6. The van der Waals surface area contributed by atoms with Crippen LogP contribution in [0.25, 0.3) is 0 Å². The first kappa shape index (κ1) is 14.5. The maximum Gasteiger partial charge on any atom is 0.244 e. The molecule has 0 amide bonds. The van der Waals surface area contributed by atoms with Gasteiger partial charge in [0.15, 0.2) is 0 Å². The second-order valence-corrected chi connectivity index (χ2v) is 9.80. The molecule has 0 aromatic heterocycles. The number of hydrogen-bond acceptors (Lipinski definition) is 3. The number of halogens is 2. The predicted octanol–water partition coefficient (Wildman–Crippen LogP) is 3.68. The van der Waals surface area contributed by atoms with Gasteiger partial charge in [-0.2, -0.15) is 4.72 Å². The van der Waals surface area contributed by atoms with E-state index < -0.39 is 10.0 Å². The predicted molar refractivity (Wildman–Crippen MR) is 88.5 cm³/mol. The van der Waals surface area contributed by atoms with Crippen molar-refractivity contribution in [2.24, 2.45) is 17.8 Å². The molecule has 3 aliphatic rings. The zero-order valence-electron chi connectivity index (χ0n) is 11.3. The molecule has 0 radical (unpaired) electrons. The Bertz CT molecular complexity index is 707. The molecule has 2 aliphatic carbocycles. The molecule has 2 N–H and O–H groups in total. The van der Waals surface area contributed by atoms with Crippen LogP contribution in [0.1, 0.15) is 25.7 Å². The summed E-state index contributed by atoms with van der Waals surface area (Å²) in [6.45, 7) is 0. The van der Waals surface area contributed by atoms with Crippen LogP contribution in [0.15, 0.2) is 26.0 Å². The summed E-state index contributed by atoms with van der Waals surface area (Å²) in [7, 11) is -3.46. The number of fused-ring (bicyclic) bond motifs is 3. The summed E-state index contributed by atoms with van der Waals surface area (Å²) >= 11 is 6.83. The van der Waals surface area contributed by atoms with Crippen molar-refractivity contribution < 1.29 is 8.42 Å². The number of hydrogen-bond donors (Lipinski definition) is 2. The van der Waals surface area contributed by atoms with Gasteiger partial charge in [0.25, 0.3) is 0 Å². The van der Waals surface area contributed by atoms with Gasteiger partial charge in [-0.05, 0) is 65.1 Å². The lowest BCUT2D eigenvalue weighted by atomic mass is 9.86. The molecule has 0 saturated heterocycles. The first-order chi connectivity index (χ1) is 9.94. The average Bonchev–Trinajstić information content (AvgIpc) is 3.01. The zero-order chi connectivity index (χ0) is 14.8. The minimum absolute atomic E-state index is 0.185. The Morgan fingerprint density at radius 2 is 1.95 bits per heavy atom. The molecule has 4 atom stereocenters. The van der Waals surface area contributed by atoms with Gasteiger partial charge in [-0.1, -0.05) is 22.4 Å². The lowest BCUT2D eigenvalue weighted by Gasteiger charge is -2.36. The van der Waals surface area contributed by atoms with E-state index in [2.05, 4.69) is 41.9 Å². The molecule has 2 bridgehead atoms. The molecule has 4 rings (SSSR count). The van der Waals surface area contributed by atoms with Gasteiger partial charge in [0.2, 0.25) is 10.0 Å². The Morgan fingerprint density at radius 3 is 2.62 bits per heavy atom. The summed E-state index contributed by atoms with van der Waals surface area (Å²) in [5.74, 6) is 1.86. The van der Waals surface area contributed by atoms with Crippen LogP contribution in [0.5, 0.6) is 0 Å². The van der Waals surface area contributed by atoms with Gasteiger partial charge in [0.1, 0.15) is 4.90 Å². The summed E-state index contributed by atoms with van der Waals surface area (Å²) in [6.07, 6.45) is 4.76. The second-order valence-electron chi connectivity index (χ2n) is 6.34. The van der Waals surface area contributed by atoms with E-state index in [1.807, 2.05) is 6.07 Å². The first-order valence-corrected chi connectivity index (χ1v) is 10.3. The fraction of sp³-hybridized carbons (Fsp3) is 0.571.